The standard InChI is InChI=1S/C27H37ClN4O4/c1-19(2)17-32(27(35)24-6-5-15-36-24)22-11-14-31(18-22)26(34)23(29-25(33)12-13-30(3)4)16-20-7-9-21(28)10-8-20/h5-10,15,19,22-23H,11-14,16-18H2,1-4H3,(H,29,33). The van der Waals surface area contributed by atoms with Crippen LogP contribution in [0.25, 0.3) is 0 Å². The average molecular weight is 517 g/mol. The molecule has 1 aliphatic heterocycles. The summed E-state index contributed by atoms with van der Waals surface area (Å²) < 4.78 is 5.36. The third-order valence-electron chi connectivity index (χ3n) is 6.24. The Morgan fingerprint density at radius 1 is 1.17 bits per heavy atom. The monoisotopic (exact) mass is 516 g/mol. The zero-order valence-electron chi connectivity index (χ0n) is 21.6. The van der Waals surface area contributed by atoms with Gasteiger partial charge in [0.1, 0.15) is 6.04 Å². The average Bonchev–Trinajstić information content (AvgIpc) is 3.54. The molecule has 1 aliphatic rings. The minimum absolute atomic E-state index is 0.116. The van der Waals surface area contributed by atoms with Gasteiger partial charge in [-0.3, -0.25) is 14.4 Å². The number of carbonyl (C=O) groups excluding carboxylic acids is 3. The van der Waals surface area contributed by atoms with Gasteiger partial charge < -0.3 is 24.4 Å². The maximum atomic E-state index is 13.6. The molecule has 1 N–H and O–H groups in total. The lowest BCUT2D eigenvalue weighted by atomic mass is 10.0. The first-order valence-corrected chi connectivity index (χ1v) is 12.8. The van der Waals surface area contributed by atoms with Crippen molar-refractivity contribution in [1.29, 1.82) is 0 Å². The fourth-order valence-electron chi connectivity index (χ4n) is 4.40. The highest BCUT2D eigenvalue weighted by atomic mass is 35.5. The molecule has 1 aromatic carbocycles. The van der Waals surface area contributed by atoms with Crippen molar-refractivity contribution < 1.29 is 18.8 Å². The van der Waals surface area contributed by atoms with Gasteiger partial charge in [0.15, 0.2) is 5.76 Å². The molecule has 1 aromatic heterocycles. The number of halogens is 1. The van der Waals surface area contributed by atoms with Gasteiger partial charge in [-0.2, -0.15) is 0 Å². The smallest absolute Gasteiger partial charge is 0.289 e. The number of amides is 3. The van der Waals surface area contributed by atoms with Crippen molar-refractivity contribution in [3.63, 3.8) is 0 Å². The van der Waals surface area contributed by atoms with E-state index in [1.807, 2.05) is 36.0 Å². The van der Waals surface area contributed by atoms with E-state index in [4.69, 9.17) is 16.0 Å². The summed E-state index contributed by atoms with van der Waals surface area (Å²) in [7, 11) is 3.81. The summed E-state index contributed by atoms with van der Waals surface area (Å²) >= 11 is 6.03. The van der Waals surface area contributed by atoms with Crippen LogP contribution in [-0.4, -0.2) is 84.8 Å². The molecule has 1 fully saturated rings. The van der Waals surface area contributed by atoms with Gasteiger partial charge in [0.05, 0.1) is 12.3 Å². The van der Waals surface area contributed by atoms with Crippen LogP contribution in [0.4, 0.5) is 0 Å². The van der Waals surface area contributed by atoms with Crippen LogP contribution in [0.2, 0.25) is 5.02 Å². The van der Waals surface area contributed by atoms with Gasteiger partial charge in [-0.1, -0.05) is 37.6 Å². The van der Waals surface area contributed by atoms with Crippen LogP contribution in [0.1, 0.15) is 42.8 Å². The highest BCUT2D eigenvalue weighted by molar-refractivity contribution is 6.30. The van der Waals surface area contributed by atoms with Crippen LogP contribution in [0.15, 0.2) is 47.1 Å². The molecule has 3 rings (SSSR count). The third-order valence-corrected chi connectivity index (χ3v) is 6.49. The summed E-state index contributed by atoms with van der Waals surface area (Å²) in [6.07, 6.45) is 2.84. The Balaban J connectivity index is 1.73. The number of nitrogens with zero attached hydrogens (tertiary/aromatic N) is 3. The molecule has 0 bridgehead atoms. The fourth-order valence-corrected chi connectivity index (χ4v) is 4.52. The first-order valence-electron chi connectivity index (χ1n) is 12.5. The van der Waals surface area contributed by atoms with Crippen LogP contribution in [0, 0.1) is 5.92 Å². The number of hydrogen-bond donors (Lipinski definition) is 1. The van der Waals surface area contributed by atoms with Crippen molar-refractivity contribution in [3.05, 3.63) is 59.0 Å². The zero-order chi connectivity index (χ0) is 26.2. The summed E-state index contributed by atoms with van der Waals surface area (Å²) in [5.41, 5.74) is 0.913. The second-order valence-corrected chi connectivity index (χ2v) is 10.5. The Labute approximate surface area is 218 Å². The number of rotatable bonds is 11. The van der Waals surface area contributed by atoms with Crippen LogP contribution in [0.3, 0.4) is 0 Å². The lowest BCUT2D eigenvalue weighted by Gasteiger charge is -2.30. The van der Waals surface area contributed by atoms with E-state index in [-0.39, 0.29) is 29.7 Å². The van der Waals surface area contributed by atoms with E-state index < -0.39 is 6.04 Å². The highest BCUT2D eigenvalue weighted by Crippen LogP contribution is 2.22. The van der Waals surface area contributed by atoms with E-state index in [1.165, 1.54) is 6.26 Å². The molecule has 0 aliphatic carbocycles. The molecule has 3 amide bonds. The molecular formula is C27H37ClN4O4. The van der Waals surface area contributed by atoms with Gasteiger partial charge >= 0.3 is 0 Å². The van der Waals surface area contributed by atoms with Gasteiger partial charge in [0, 0.05) is 44.0 Å². The Morgan fingerprint density at radius 3 is 2.50 bits per heavy atom. The van der Waals surface area contributed by atoms with Crippen LogP contribution >= 0.6 is 11.6 Å². The van der Waals surface area contributed by atoms with Gasteiger partial charge in [0.2, 0.25) is 11.8 Å². The van der Waals surface area contributed by atoms with E-state index in [2.05, 4.69) is 19.2 Å². The molecule has 1 saturated heterocycles. The van der Waals surface area contributed by atoms with Crippen molar-refractivity contribution in [2.45, 2.75) is 45.2 Å². The molecule has 2 unspecified atom stereocenters. The molecule has 196 valence electrons. The highest BCUT2D eigenvalue weighted by Gasteiger charge is 2.37. The van der Waals surface area contributed by atoms with Crippen LogP contribution < -0.4 is 5.32 Å². The Kier molecular flexibility index (Phi) is 9.96. The number of carbonyl (C=O) groups is 3. The summed E-state index contributed by atoms with van der Waals surface area (Å²) in [6.45, 7) is 6.23. The Hall–Kier alpha value is -2.84. The fraction of sp³-hybridized carbons (Fsp3) is 0.519. The molecule has 2 aromatic rings. The minimum Gasteiger partial charge on any atom is -0.459 e. The van der Waals surface area contributed by atoms with Gasteiger partial charge in [-0.15, -0.1) is 0 Å². The number of likely N-dealkylation sites (tertiary alicyclic amines) is 1. The first kappa shape index (κ1) is 27.7. The summed E-state index contributed by atoms with van der Waals surface area (Å²) in [6, 6.07) is 9.85. The Bertz CT molecular complexity index is 1010. The van der Waals surface area contributed by atoms with E-state index >= 15 is 0 Å². The SMILES string of the molecule is CC(C)CN(C(=O)c1ccco1)C1CCN(C(=O)C(Cc2ccc(Cl)cc2)NC(=O)CCN(C)C)C1. The van der Waals surface area contributed by atoms with Gasteiger partial charge in [-0.25, -0.2) is 0 Å². The van der Waals surface area contributed by atoms with Crippen molar-refractivity contribution in [2.24, 2.45) is 5.92 Å². The van der Waals surface area contributed by atoms with Crippen molar-refractivity contribution in [1.82, 2.24) is 20.0 Å². The van der Waals surface area contributed by atoms with Crippen LogP contribution in [0.5, 0.6) is 0 Å². The summed E-state index contributed by atoms with van der Waals surface area (Å²) in [4.78, 5) is 44.9. The predicted molar refractivity (Wildman–Crippen MR) is 140 cm³/mol. The second-order valence-electron chi connectivity index (χ2n) is 10.1. The maximum Gasteiger partial charge on any atom is 0.289 e. The molecule has 9 heteroatoms. The molecule has 2 atom stereocenters. The van der Waals surface area contributed by atoms with Crippen LogP contribution in [-0.2, 0) is 16.0 Å². The van der Waals surface area contributed by atoms with Crippen molar-refractivity contribution in [3.8, 4) is 0 Å². The number of benzene rings is 1. The molecular weight excluding hydrogens is 480 g/mol. The van der Waals surface area contributed by atoms with E-state index in [0.29, 0.717) is 56.2 Å². The number of furan rings is 1. The van der Waals surface area contributed by atoms with E-state index in [1.54, 1.807) is 29.2 Å². The first-order chi connectivity index (χ1) is 17.1. The third kappa shape index (κ3) is 7.83. The maximum absolute atomic E-state index is 13.6. The van der Waals surface area contributed by atoms with Crippen molar-refractivity contribution >= 4 is 29.3 Å². The van der Waals surface area contributed by atoms with Gasteiger partial charge in [-0.05, 0) is 56.3 Å². The van der Waals surface area contributed by atoms with E-state index in [0.717, 1.165) is 5.56 Å². The number of nitrogens with one attached hydrogen (secondary N) is 1. The lowest BCUT2D eigenvalue weighted by molar-refractivity contribution is -0.135. The molecule has 8 nitrogen and oxygen atoms in total. The second kappa shape index (κ2) is 12.9. The largest absolute Gasteiger partial charge is 0.459 e. The van der Waals surface area contributed by atoms with Crippen molar-refractivity contribution in [2.75, 3.05) is 40.3 Å². The summed E-state index contributed by atoms with van der Waals surface area (Å²) in [5, 5.41) is 3.56. The van der Waals surface area contributed by atoms with E-state index in [9.17, 15) is 14.4 Å². The minimum atomic E-state index is -0.695. The molecule has 0 spiro atoms. The predicted octanol–water partition coefficient (Wildman–Crippen LogP) is 3.31. The molecule has 0 radical (unpaired) electrons. The number of hydrogen-bond acceptors (Lipinski definition) is 5. The lowest BCUT2D eigenvalue weighted by Crippen LogP contribution is -2.50. The topological polar surface area (TPSA) is 86.1 Å². The quantitative estimate of drug-likeness (QED) is 0.495. The zero-order valence-corrected chi connectivity index (χ0v) is 22.3. The normalized spacial score (nSPS) is 16.4. The summed E-state index contributed by atoms with van der Waals surface area (Å²) in [5.74, 6) is 0.0981. The molecule has 2 heterocycles. The van der Waals surface area contributed by atoms with Gasteiger partial charge in [0.25, 0.3) is 5.91 Å². The molecule has 0 saturated carbocycles. The Morgan fingerprint density at radius 2 is 1.89 bits per heavy atom. The molecule has 36 heavy (non-hydrogen) atoms.